The number of nitrogens with zero attached hydrogens (tertiary/aromatic N) is 2. The Morgan fingerprint density at radius 2 is 2.10 bits per heavy atom. The van der Waals surface area contributed by atoms with Crippen LogP contribution in [0.1, 0.15) is 31.2 Å². The van der Waals surface area contributed by atoms with Gasteiger partial charge in [-0.15, -0.1) is 6.58 Å². The van der Waals surface area contributed by atoms with Crippen molar-refractivity contribution in [2.24, 2.45) is 5.92 Å². The zero-order valence-electron chi connectivity index (χ0n) is 12.4. The minimum absolute atomic E-state index is 0.115. The highest BCUT2D eigenvalue weighted by atomic mass is 16.3. The SMILES string of the molecule is C=CCn1c(C)cc(=O)c(O)c1CN1CCC(C)CC1. The van der Waals surface area contributed by atoms with Crippen LogP contribution in [0.25, 0.3) is 0 Å². The molecular weight excluding hydrogens is 252 g/mol. The van der Waals surface area contributed by atoms with E-state index in [0.29, 0.717) is 18.8 Å². The van der Waals surface area contributed by atoms with E-state index in [1.807, 2.05) is 11.5 Å². The summed E-state index contributed by atoms with van der Waals surface area (Å²) in [7, 11) is 0. The Balaban J connectivity index is 2.29. The number of rotatable bonds is 4. The minimum Gasteiger partial charge on any atom is -0.503 e. The second kappa shape index (κ2) is 6.27. The van der Waals surface area contributed by atoms with Gasteiger partial charge in [0.1, 0.15) is 0 Å². The Bertz CT molecular complexity index is 540. The fourth-order valence-electron chi connectivity index (χ4n) is 2.79. The van der Waals surface area contributed by atoms with Gasteiger partial charge in [-0.2, -0.15) is 0 Å². The molecule has 0 radical (unpaired) electrons. The van der Waals surface area contributed by atoms with Crippen LogP contribution in [-0.4, -0.2) is 27.7 Å². The van der Waals surface area contributed by atoms with Crippen molar-refractivity contribution >= 4 is 0 Å². The highest BCUT2D eigenvalue weighted by Crippen LogP contribution is 2.21. The van der Waals surface area contributed by atoms with Crippen molar-refractivity contribution in [3.8, 4) is 5.75 Å². The van der Waals surface area contributed by atoms with Crippen molar-refractivity contribution in [2.75, 3.05) is 13.1 Å². The van der Waals surface area contributed by atoms with Crippen LogP contribution < -0.4 is 5.43 Å². The maximum atomic E-state index is 11.8. The van der Waals surface area contributed by atoms with E-state index in [9.17, 15) is 9.90 Å². The second-order valence-electron chi connectivity index (χ2n) is 5.80. The summed E-state index contributed by atoms with van der Waals surface area (Å²) in [6.45, 7) is 11.2. The summed E-state index contributed by atoms with van der Waals surface area (Å²) in [5, 5.41) is 10.1. The summed E-state index contributed by atoms with van der Waals surface area (Å²) < 4.78 is 1.97. The monoisotopic (exact) mass is 276 g/mol. The molecule has 0 aliphatic carbocycles. The predicted molar refractivity (Wildman–Crippen MR) is 81.0 cm³/mol. The van der Waals surface area contributed by atoms with E-state index in [1.165, 1.54) is 18.9 Å². The quantitative estimate of drug-likeness (QED) is 0.858. The van der Waals surface area contributed by atoms with E-state index < -0.39 is 0 Å². The fraction of sp³-hybridized carbons (Fsp3) is 0.562. The molecule has 0 atom stereocenters. The van der Waals surface area contributed by atoms with Crippen LogP contribution in [-0.2, 0) is 13.1 Å². The van der Waals surface area contributed by atoms with E-state index in [1.54, 1.807) is 6.08 Å². The average molecular weight is 276 g/mol. The molecule has 2 rings (SSSR count). The van der Waals surface area contributed by atoms with Crippen molar-refractivity contribution in [1.82, 2.24) is 9.47 Å². The Labute approximate surface area is 120 Å². The van der Waals surface area contributed by atoms with Crippen molar-refractivity contribution in [3.05, 3.63) is 40.3 Å². The number of piperidine rings is 1. The van der Waals surface area contributed by atoms with Crippen LogP contribution in [0.2, 0.25) is 0 Å². The molecule has 0 aromatic carbocycles. The lowest BCUT2D eigenvalue weighted by Gasteiger charge is -2.31. The van der Waals surface area contributed by atoms with E-state index in [2.05, 4.69) is 18.4 Å². The topological polar surface area (TPSA) is 45.5 Å². The van der Waals surface area contributed by atoms with Gasteiger partial charge in [0.05, 0.1) is 5.69 Å². The zero-order valence-corrected chi connectivity index (χ0v) is 12.4. The Morgan fingerprint density at radius 1 is 1.45 bits per heavy atom. The van der Waals surface area contributed by atoms with E-state index in [0.717, 1.165) is 24.7 Å². The van der Waals surface area contributed by atoms with Gasteiger partial charge in [0.25, 0.3) is 0 Å². The van der Waals surface area contributed by atoms with Gasteiger partial charge in [-0.05, 0) is 38.8 Å². The molecule has 1 N–H and O–H groups in total. The first-order valence-corrected chi connectivity index (χ1v) is 7.28. The Morgan fingerprint density at radius 3 is 2.70 bits per heavy atom. The maximum Gasteiger partial charge on any atom is 0.223 e. The summed E-state index contributed by atoms with van der Waals surface area (Å²) >= 11 is 0. The van der Waals surface area contributed by atoms with Crippen LogP contribution in [0.15, 0.2) is 23.5 Å². The maximum absolute atomic E-state index is 11.8. The van der Waals surface area contributed by atoms with Crippen LogP contribution in [0.4, 0.5) is 0 Å². The molecule has 1 fully saturated rings. The molecule has 0 saturated carbocycles. The molecule has 1 aromatic heterocycles. The number of aromatic nitrogens is 1. The molecular formula is C16H24N2O2. The van der Waals surface area contributed by atoms with Gasteiger partial charge in [0.2, 0.25) is 5.43 Å². The van der Waals surface area contributed by atoms with Gasteiger partial charge in [0, 0.05) is 24.8 Å². The standard InChI is InChI=1S/C16H24N2O2/c1-4-7-18-13(3)10-15(19)16(20)14(18)11-17-8-5-12(2)6-9-17/h4,10,12,20H,1,5-9,11H2,2-3H3. The molecule has 1 aliphatic rings. The summed E-state index contributed by atoms with van der Waals surface area (Å²) in [4.78, 5) is 14.1. The summed E-state index contributed by atoms with van der Waals surface area (Å²) in [6.07, 6.45) is 4.15. The molecule has 110 valence electrons. The molecule has 4 heteroatoms. The molecule has 1 saturated heterocycles. The molecule has 0 spiro atoms. The third kappa shape index (κ3) is 3.12. The predicted octanol–water partition coefficient (Wildman–Crippen LogP) is 2.28. The van der Waals surface area contributed by atoms with E-state index in [-0.39, 0.29) is 11.2 Å². The minimum atomic E-state index is -0.289. The number of aryl methyl sites for hydroxylation is 1. The number of likely N-dealkylation sites (tertiary alicyclic amines) is 1. The Kier molecular flexibility index (Phi) is 4.65. The van der Waals surface area contributed by atoms with Crippen molar-refractivity contribution in [3.63, 3.8) is 0 Å². The zero-order chi connectivity index (χ0) is 14.7. The van der Waals surface area contributed by atoms with Gasteiger partial charge < -0.3 is 9.67 Å². The third-order valence-electron chi connectivity index (χ3n) is 4.16. The molecule has 0 amide bonds. The first kappa shape index (κ1) is 14.9. The van der Waals surface area contributed by atoms with Crippen LogP contribution in [0.5, 0.6) is 5.75 Å². The van der Waals surface area contributed by atoms with Crippen molar-refractivity contribution in [1.29, 1.82) is 0 Å². The Hall–Kier alpha value is -1.55. The van der Waals surface area contributed by atoms with Gasteiger partial charge in [-0.1, -0.05) is 13.0 Å². The highest BCUT2D eigenvalue weighted by Gasteiger charge is 2.20. The molecule has 4 nitrogen and oxygen atoms in total. The molecule has 1 aliphatic heterocycles. The summed E-state index contributed by atoms with van der Waals surface area (Å²) in [6, 6.07) is 1.49. The smallest absolute Gasteiger partial charge is 0.223 e. The van der Waals surface area contributed by atoms with E-state index >= 15 is 0 Å². The lowest BCUT2D eigenvalue weighted by atomic mass is 9.99. The second-order valence-corrected chi connectivity index (χ2v) is 5.80. The molecule has 20 heavy (non-hydrogen) atoms. The molecule has 0 bridgehead atoms. The largest absolute Gasteiger partial charge is 0.503 e. The number of pyridine rings is 1. The number of aromatic hydroxyl groups is 1. The highest BCUT2D eigenvalue weighted by molar-refractivity contribution is 5.30. The number of allylic oxidation sites excluding steroid dienone is 1. The van der Waals surface area contributed by atoms with Crippen molar-refractivity contribution < 1.29 is 5.11 Å². The molecule has 0 unspecified atom stereocenters. The normalized spacial score (nSPS) is 17.3. The number of hydrogen-bond acceptors (Lipinski definition) is 3. The van der Waals surface area contributed by atoms with E-state index in [4.69, 9.17) is 0 Å². The lowest BCUT2D eigenvalue weighted by Crippen LogP contribution is -2.34. The first-order chi connectivity index (χ1) is 9.52. The average Bonchev–Trinajstić information content (AvgIpc) is 2.42. The van der Waals surface area contributed by atoms with Crippen LogP contribution in [0, 0.1) is 12.8 Å². The lowest BCUT2D eigenvalue weighted by molar-refractivity contribution is 0.179. The van der Waals surface area contributed by atoms with Crippen LogP contribution >= 0.6 is 0 Å². The first-order valence-electron chi connectivity index (χ1n) is 7.28. The van der Waals surface area contributed by atoms with Gasteiger partial charge in [-0.3, -0.25) is 9.69 Å². The van der Waals surface area contributed by atoms with Gasteiger partial charge in [-0.25, -0.2) is 0 Å². The van der Waals surface area contributed by atoms with Gasteiger partial charge >= 0.3 is 0 Å². The summed E-state index contributed by atoms with van der Waals surface area (Å²) in [5.41, 5.74) is 1.29. The number of hydrogen-bond donors (Lipinski definition) is 1. The van der Waals surface area contributed by atoms with Crippen LogP contribution in [0.3, 0.4) is 0 Å². The molecule has 2 heterocycles. The van der Waals surface area contributed by atoms with Gasteiger partial charge in [0.15, 0.2) is 5.75 Å². The van der Waals surface area contributed by atoms with Crippen molar-refractivity contribution in [2.45, 2.75) is 39.8 Å². The fourth-order valence-corrected chi connectivity index (χ4v) is 2.79. The third-order valence-corrected chi connectivity index (χ3v) is 4.16. The molecule has 1 aromatic rings. The summed E-state index contributed by atoms with van der Waals surface area (Å²) in [5.74, 6) is 0.656.